The Kier molecular flexibility index (Phi) is 5.64. The standard InChI is InChI=1S/C20H18Cl2N2O2/c1-2-6-17(25)24-18(12-7-3-4-9-15(12)21)14-11-16(22)13-8-5-10-23-19(13)20(14)26/h3-5,7-11,18,26H,2,6H2,1H3,(H,24,25)/t18-/m1/s1. The van der Waals surface area contributed by atoms with E-state index < -0.39 is 6.04 Å². The molecule has 2 N–H and O–H groups in total. The van der Waals surface area contributed by atoms with Crippen molar-refractivity contribution < 1.29 is 9.90 Å². The highest BCUT2D eigenvalue weighted by molar-refractivity contribution is 6.35. The summed E-state index contributed by atoms with van der Waals surface area (Å²) in [6.45, 7) is 1.93. The van der Waals surface area contributed by atoms with E-state index >= 15 is 0 Å². The first-order chi connectivity index (χ1) is 12.5. The largest absolute Gasteiger partial charge is 0.505 e. The molecule has 0 spiro atoms. The first-order valence-electron chi connectivity index (χ1n) is 8.32. The van der Waals surface area contributed by atoms with Crippen molar-refractivity contribution in [2.45, 2.75) is 25.8 Å². The Balaban J connectivity index is 2.19. The number of hydrogen-bond acceptors (Lipinski definition) is 3. The lowest BCUT2D eigenvalue weighted by Gasteiger charge is -2.22. The zero-order chi connectivity index (χ0) is 18.7. The lowest BCUT2D eigenvalue weighted by atomic mass is 9.96. The molecule has 1 heterocycles. The molecule has 1 amide bonds. The van der Waals surface area contributed by atoms with Gasteiger partial charge in [0.2, 0.25) is 5.91 Å². The minimum atomic E-state index is -0.633. The second-order valence-corrected chi connectivity index (χ2v) is 6.78. The topological polar surface area (TPSA) is 62.2 Å². The van der Waals surface area contributed by atoms with Gasteiger partial charge in [0.1, 0.15) is 11.3 Å². The normalized spacial score (nSPS) is 12.1. The number of aromatic nitrogens is 1. The van der Waals surface area contributed by atoms with Gasteiger partial charge in [0.05, 0.1) is 11.1 Å². The summed E-state index contributed by atoms with van der Waals surface area (Å²) in [4.78, 5) is 16.5. The molecule has 3 aromatic rings. The first kappa shape index (κ1) is 18.5. The first-order valence-corrected chi connectivity index (χ1v) is 9.08. The van der Waals surface area contributed by atoms with E-state index in [2.05, 4.69) is 10.3 Å². The summed E-state index contributed by atoms with van der Waals surface area (Å²) < 4.78 is 0. The van der Waals surface area contributed by atoms with E-state index in [-0.39, 0.29) is 11.7 Å². The zero-order valence-electron chi connectivity index (χ0n) is 14.2. The van der Waals surface area contributed by atoms with Gasteiger partial charge in [-0.05, 0) is 36.2 Å². The molecule has 0 unspecified atom stereocenters. The predicted molar refractivity (Wildman–Crippen MR) is 105 cm³/mol. The summed E-state index contributed by atoms with van der Waals surface area (Å²) in [5, 5.41) is 15.4. The van der Waals surface area contributed by atoms with E-state index in [1.54, 1.807) is 30.5 Å². The maximum Gasteiger partial charge on any atom is 0.220 e. The molecule has 1 aromatic heterocycles. The third-order valence-electron chi connectivity index (χ3n) is 4.15. The molecule has 0 saturated heterocycles. The van der Waals surface area contributed by atoms with Crippen LogP contribution < -0.4 is 5.32 Å². The average Bonchev–Trinajstić information content (AvgIpc) is 2.64. The van der Waals surface area contributed by atoms with Crippen molar-refractivity contribution >= 4 is 40.0 Å². The molecule has 0 bridgehead atoms. The number of nitrogens with one attached hydrogen (secondary N) is 1. The number of benzene rings is 2. The van der Waals surface area contributed by atoms with Gasteiger partial charge in [-0.1, -0.05) is 48.3 Å². The third-order valence-corrected chi connectivity index (χ3v) is 4.81. The smallest absolute Gasteiger partial charge is 0.220 e. The van der Waals surface area contributed by atoms with Crippen LogP contribution >= 0.6 is 23.2 Å². The number of pyridine rings is 1. The summed E-state index contributed by atoms with van der Waals surface area (Å²) in [6.07, 6.45) is 2.68. The molecule has 0 radical (unpaired) electrons. The maximum absolute atomic E-state index is 12.3. The second-order valence-electron chi connectivity index (χ2n) is 5.97. The van der Waals surface area contributed by atoms with Crippen LogP contribution in [0.15, 0.2) is 48.7 Å². The Hall–Kier alpha value is -2.30. The van der Waals surface area contributed by atoms with E-state index in [0.717, 1.165) is 0 Å². The number of phenols is 1. The SMILES string of the molecule is CCCC(=O)N[C@H](c1ccccc1Cl)c1cc(Cl)c2cccnc2c1O. The van der Waals surface area contributed by atoms with Crippen LogP contribution in [0.25, 0.3) is 10.9 Å². The van der Waals surface area contributed by atoms with E-state index in [9.17, 15) is 9.90 Å². The van der Waals surface area contributed by atoms with Crippen molar-refractivity contribution in [3.63, 3.8) is 0 Å². The monoisotopic (exact) mass is 388 g/mol. The summed E-state index contributed by atoms with van der Waals surface area (Å²) in [5.74, 6) is -0.152. The molecule has 26 heavy (non-hydrogen) atoms. The second kappa shape index (κ2) is 7.94. The summed E-state index contributed by atoms with van der Waals surface area (Å²) in [6, 6.07) is 11.8. The fourth-order valence-electron chi connectivity index (χ4n) is 2.92. The van der Waals surface area contributed by atoms with Crippen LogP contribution in [-0.4, -0.2) is 16.0 Å². The fourth-order valence-corrected chi connectivity index (χ4v) is 3.43. The minimum absolute atomic E-state index is 0.0216. The van der Waals surface area contributed by atoms with Gasteiger partial charge in [-0.25, -0.2) is 0 Å². The lowest BCUT2D eigenvalue weighted by molar-refractivity contribution is -0.121. The van der Waals surface area contributed by atoms with Gasteiger partial charge in [0.25, 0.3) is 0 Å². The molecule has 0 aliphatic heterocycles. The van der Waals surface area contributed by atoms with Gasteiger partial charge in [0.15, 0.2) is 0 Å². The molecule has 0 aliphatic carbocycles. The van der Waals surface area contributed by atoms with Crippen LogP contribution in [0.5, 0.6) is 5.75 Å². The van der Waals surface area contributed by atoms with Crippen LogP contribution in [0, 0.1) is 0 Å². The molecule has 4 nitrogen and oxygen atoms in total. The number of rotatable bonds is 5. The Morgan fingerprint density at radius 1 is 1.15 bits per heavy atom. The van der Waals surface area contributed by atoms with Gasteiger partial charge in [-0.3, -0.25) is 9.78 Å². The van der Waals surface area contributed by atoms with Gasteiger partial charge in [-0.15, -0.1) is 0 Å². The molecule has 2 aromatic carbocycles. The third kappa shape index (κ3) is 3.62. The van der Waals surface area contributed by atoms with Gasteiger partial charge in [-0.2, -0.15) is 0 Å². The summed E-state index contributed by atoms with van der Waals surface area (Å²) >= 11 is 12.8. The van der Waals surface area contributed by atoms with Crippen LogP contribution in [0.4, 0.5) is 0 Å². The average molecular weight is 389 g/mol. The Labute approximate surface area is 161 Å². The highest BCUT2D eigenvalue weighted by atomic mass is 35.5. The van der Waals surface area contributed by atoms with Crippen molar-refractivity contribution in [1.29, 1.82) is 0 Å². The zero-order valence-corrected chi connectivity index (χ0v) is 15.7. The number of nitrogens with zero attached hydrogens (tertiary/aromatic N) is 1. The van der Waals surface area contributed by atoms with Crippen molar-refractivity contribution in [3.05, 3.63) is 69.8 Å². The Morgan fingerprint density at radius 3 is 2.65 bits per heavy atom. The van der Waals surface area contributed by atoms with Gasteiger partial charge >= 0.3 is 0 Å². The number of phenolic OH excluding ortho intramolecular Hbond substituents is 1. The van der Waals surface area contributed by atoms with Crippen LogP contribution in [0.2, 0.25) is 10.0 Å². The van der Waals surface area contributed by atoms with E-state index in [0.29, 0.717) is 44.9 Å². The molecule has 1 atom stereocenters. The van der Waals surface area contributed by atoms with Crippen molar-refractivity contribution in [3.8, 4) is 5.75 Å². The molecule has 0 aliphatic rings. The minimum Gasteiger partial charge on any atom is -0.505 e. The van der Waals surface area contributed by atoms with E-state index in [1.807, 2.05) is 25.1 Å². The highest BCUT2D eigenvalue weighted by Gasteiger charge is 2.24. The molecule has 3 rings (SSSR count). The maximum atomic E-state index is 12.3. The van der Waals surface area contributed by atoms with E-state index in [1.165, 1.54) is 0 Å². The number of amides is 1. The van der Waals surface area contributed by atoms with Crippen molar-refractivity contribution in [1.82, 2.24) is 10.3 Å². The van der Waals surface area contributed by atoms with E-state index in [4.69, 9.17) is 23.2 Å². The highest BCUT2D eigenvalue weighted by Crippen LogP contribution is 2.39. The van der Waals surface area contributed by atoms with Gasteiger partial charge in [0, 0.05) is 28.6 Å². The molecule has 134 valence electrons. The summed E-state index contributed by atoms with van der Waals surface area (Å²) in [7, 11) is 0. The van der Waals surface area contributed by atoms with Crippen LogP contribution in [0.1, 0.15) is 36.9 Å². The van der Waals surface area contributed by atoms with Crippen molar-refractivity contribution in [2.24, 2.45) is 0 Å². The quantitative estimate of drug-likeness (QED) is 0.626. The van der Waals surface area contributed by atoms with Crippen LogP contribution in [0.3, 0.4) is 0 Å². The number of halogens is 2. The predicted octanol–water partition coefficient (Wildman–Crippen LogP) is 5.25. The summed E-state index contributed by atoms with van der Waals surface area (Å²) in [5.41, 5.74) is 1.52. The Bertz CT molecular complexity index is 960. The lowest BCUT2D eigenvalue weighted by Crippen LogP contribution is -2.29. The van der Waals surface area contributed by atoms with Crippen molar-refractivity contribution in [2.75, 3.05) is 0 Å². The fraction of sp³-hybridized carbons (Fsp3) is 0.200. The number of aromatic hydroxyl groups is 1. The number of hydrogen-bond donors (Lipinski definition) is 2. The number of carbonyl (C=O) groups excluding carboxylic acids is 1. The number of fused-ring (bicyclic) bond motifs is 1. The molecule has 0 fully saturated rings. The number of carbonyl (C=O) groups is 1. The molecule has 0 saturated carbocycles. The van der Waals surface area contributed by atoms with Gasteiger partial charge < -0.3 is 10.4 Å². The Morgan fingerprint density at radius 2 is 1.92 bits per heavy atom. The van der Waals surface area contributed by atoms with Crippen LogP contribution in [-0.2, 0) is 4.79 Å². The molecular weight excluding hydrogens is 371 g/mol. The molecule has 6 heteroatoms. The molecular formula is C20H18Cl2N2O2.